The molecule has 0 aliphatic heterocycles. The summed E-state index contributed by atoms with van der Waals surface area (Å²) in [6, 6.07) is 4.57. The third-order valence-electron chi connectivity index (χ3n) is 6.37. The van der Waals surface area contributed by atoms with Gasteiger partial charge in [-0.05, 0) is 64.3 Å². The number of hydroxylamine groups is 1. The number of alkyl halides is 1. The molecule has 1 heterocycles. The van der Waals surface area contributed by atoms with E-state index >= 15 is 0 Å². The Morgan fingerprint density at radius 1 is 1.18 bits per heavy atom. The number of halogens is 1. The molecule has 0 saturated heterocycles. The van der Waals surface area contributed by atoms with Gasteiger partial charge < -0.3 is 9.47 Å². The quantitative estimate of drug-likeness (QED) is 0.252. The molecule has 0 radical (unpaired) electrons. The Bertz CT molecular complexity index is 1150. The van der Waals surface area contributed by atoms with Gasteiger partial charge in [-0.1, -0.05) is 19.1 Å². The van der Waals surface area contributed by atoms with Crippen molar-refractivity contribution in [3.8, 4) is 5.75 Å². The highest BCUT2D eigenvalue weighted by Crippen LogP contribution is 2.27. The number of carbonyl (C=O) groups is 1. The summed E-state index contributed by atoms with van der Waals surface area (Å²) in [6.45, 7) is 10.5. The summed E-state index contributed by atoms with van der Waals surface area (Å²) in [5.74, 6) is -0.865. The first-order chi connectivity index (χ1) is 17.7. The molecule has 11 nitrogen and oxygen atoms in total. The molecule has 0 aliphatic carbocycles. The summed E-state index contributed by atoms with van der Waals surface area (Å²) in [7, 11) is -2.74. The van der Waals surface area contributed by atoms with Gasteiger partial charge in [0.1, 0.15) is 11.8 Å². The number of nitrogens with one attached hydrogen (secondary N) is 1. The molecule has 13 heteroatoms. The average molecular weight is 558 g/mol. The Morgan fingerprint density at radius 2 is 1.82 bits per heavy atom. The number of ether oxygens (including phenoxy) is 2. The Balaban J connectivity index is 2.36. The molecule has 2 N–H and O–H groups in total. The number of carbonyl (C=O) groups excluding carboxylic acids is 1. The van der Waals surface area contributed by atoms with E-state index in [0.29, 0.717) is 24.5 Å². The van der Waals surface area contributed by atoms with Crippen molar-refractivity contribution in [3.63, 3.8) is 0 Å². The van der Waals surface area contributed by atoms with Crippen molar-refractivity contribution in [2.24, 2.45) is 5.92 Å². The van der Waals surface area contributed by atoms with Gasteiger partial charge in [0.05, 0.1) is 48.3 Å². The van der Waals surface area contributed by atoms with Gasteiger partial charge in [-0.3, -0.25) is 14.4 Å². The van der Waals surface area contributed by atoms with Crippen molar-refractivity contribution in [2.75, 3.05) is 20.4 Å². The van der Waals surface area contributed by atoms with E-state index in [4.69, 9.17) is 9.47 Å². The molecule has 0 bridgehead atoms. The predicted molar refractivity (Wildman–Crippen MR) is 139 cm³/mol. The third-order valence-corrected chi connectivity index (χ3v) is 8.21. The SMILES string of the molecule is COc1ccc(S(=O)(=O)N(Cc2cn(C(C)(C)CCOC(C)(C)CCF)nn2)[C@@H](C(=O)NO)C(C)C)cc1. The molecular formula is C25H40FN5O6S. The summed E-state index contributed by atoms with van der Waals surface area (Å²) in [4.78, 5) is 12.6. The van der Waals surface area contributed by atoms with Crippen LogP contribution in [-0.2, 0) is 31.6 Å². The van der Waals surface area contributed by atoms with Crippen molar-refractivity contribution in [3.05, 3.63) is 36.2 Å². The molecular weight excluding hydrogens is 517 g/mol. The van der Waals surface area contributed by atoms with Crippen molar-refractivity contribution >= 4 is 15.9 Å². The molecule has 1 aromatic carbocycles. The number of aromatic nitrogens is 3. The molecule has 214 valence electrons. The predicted octanol–water partition coefficient (Wildman–Crippen LogP) is 3.29. The molecule has 1 amide bonds. The van der Waals surface area contributed by atoms with Crippen LogP contribution in [0.25, 0.3) is 0 Å². The standard InChI is InChI=1S/C25H40FN5O6S/c1-18(2)22(23(32)28-33)30(38(34,35)21-10-8-20(36-7)9-11-21)16-19-17-31(29-27-19)24(3,4)13-15-37-25(5,6)12-14-26/h8-11,17-18,22,33H,12-16H2,1-7H3,(H,28,32)/t22-/m1/s1. The number of nitrogens with zero attached hydrogens (tertiary/aromatic N) is 4. The van der Waals surface area contributed by atoms with Crippen molar-refractivity contribution in [1.29, 1.82) is 0 Å². The number of hydrogen-bond acceptors (Lipinski definition) is 8. The highest BCUT2D eigenvalue weighted by Gasteiger charge is 2.39. The maximum Gasteiger partial charge on any atom is 0.262 e. The van der Waals surface area contributed by atoms with E-state index in [1.807, 2.05) is 27.7 Å². The van der Waals surface area contributed by atoms with E-state index in [2.05, 4.69) is 10.3 Å². The van der Waals surface area contributed by atoms with Gasteiger partial charge in [0.2, 0.25) is 10.0 Å². The zero-order valence-electron chi connectivity index (χ0n) is 23.1. The molecule has 2 rings (SSSR count). The van der Waals surface area contributed by atoms with Crippen LogP contribution in [0.5, 0.6) is 5.75 Å². The fourth-order valence-electron chi connectivity index (χ4n) is 3.87. The topological polar surface area (TPSA) is 136 Å². The second kappa shape index (κ2) is 13.0. The highest BCUT2D eigenvalue weighted by molar-refractivity contribution is 7.89. The number of benzene rings is 1. The zero-order valence-corrected chi connectivity index (χ0v) is 24.0. The monoisotopic (exact) mass is 557 g/mol. The summed E-state index contributed by atoms with van der Waals surface area (Å²) < 4.78 is 53.8. The van der Waals surface area contributed by atoms with E-state index in [0.717, 1.165) is 4.31 Å². The molecule has 0 saturated carbocycles. The second-order valence-electron chi connectivity index (χ2n) is 10.7. The van der Waals surface area contributed by atoms with E-state index in [1.165, 1.54) is 31.4 Å². The van der Waals surface area contributed by atoms with Crippen LogP contribution >= 0.6 is 0 Å². The summed E-state index contributed by atoms with van der Waals surface area (Å²) in [5.41, 5.74) is 0.760. The largest absolute Gasteiger partial charge is 0.497 e. The molecule has 0 spiro atoms. The van der Waals surface area contributed by atoms with Crippen LogP contribution in [0.1, 0.15) is 60.1 Å². The first-order valence-electron chi connectivity index (χ1n) is 12.4. The molecule has 0 fully saturated rings. The lowest BCUT2D eigenvalue weighted by Gasteiger charge is -2.31. The molecule has 38 heavy (non-hydrogen) atoms. The van der Waals surface area contributed by atoms with Crippen LogP contribution in [0.15, 0.2) is 35.4 Å². The Kier molecular flexibility index (Phi) is 10.8. The van der Waals surface area contributed by atoms with Crippen LogP contribution in [0.3, 0.4) is 0 Å². The molecule has 0 aliphatic rings. The smallest absolute Gasteiger partial charge is 0.262 e. The van der Waals surface area contributed by atoms with Gasteiger partial charge in [-0.15, -0.1) is 5.10 Å². The molecule has 0 unspecified atom stereocenters. The first-order valence-corrected chi connectivity index (χ1v) is 13.8. The lowest BCUT2D eigenvalue weighted by Crippen LogP contribution is -2.51. The van der Waals surface area contributed by atoms with Crippen LogP contribution in [0, 0.1) is 5.92 Å². The lowest BCUT2D eigenvalue weighted by atomic mass is 10.0. The van der Waals surface area contributed by atoms with E-state index < -0.39 is 45.7 Å². The average Bonchev–Trinajstić information content (AvgIpc) is 3.32. The third kappa shape index (κ3) is 7.95. The second-order valence-corrected chi connectivity index (χ2v) is 12.5. The van der Waals surface area contributed by atoms with Crippen molar-refractivity contribution in [2.45, 2.75) is 83.0 Å². The molecule has 2 aromatic rings. The number of sulfonamides is 1. The number of amides is 1. The highest BCUT2D eigenvalue weighted by atomic mass is 32.2. The van der Waals surface area contributed by atoms with Crippen molar-refractivity contribution < 1.29 is 32.3 Å². The van der Waals surface area contributed by atoms with Gasteiger partial charge in [0, 0.05) is 13.0 Å². The Morgan fingerprint density at radius 3 is 2.34 bits per heavy atom. The first kappa shape index (κ1) is 31.6. The maximum absolute atomic E-state index is 13.7. The minimum Gasteiger partial charge on any atom is -0.497 e. The summed E-state index contributed by atoms with van der Waals surface area (Å²) in [6.07, 6.45) is 2.45. The van der Waals surface area contributed by atoms with Gasteiger partial charge in [-0.2, -0.15) is 4.31 Å². The normalized spacial score (nSPS) is 13.7. The van der Waals surface area contributed by atoms with Crippen LogP contribution in [0.2, 0.25) is 0 Å². The van der Waals surface area contributed by atoms with Crippen LogP contribution < -0.4 is 10.2 Å². The van der Waals surface area contributed by atoms with Gasteiger partial charge in [-0.25, -0.2) is 18.6 Å². The Labute approximate surface area is 224 Å². The molecule has 1 atom stereocenters. The number of methoxy groups -OCH3 is 1. The summed E-state index contributed by atoms with van der Waals surface area (Å²) >= 11 is 0. The van der Waals surface area contributed by atoms with Crippen LogP contribution in [0.4, 0.5) is 4.39 Å². The van der Waals surface area contributed by atoms with Gasteiger partial charge in [0.25, 0.3) is 5.91 Å². The minimum atomic E-state index is -4.21. The van der Waals surface area contributed by atoms with Gasteiger partial charge in [0.15, 0.2) is 0 Å². The fourth-order valence-corrected chi connectivity index (χ4v) is 5.56. The summed E-state index contributed by atoms with van der Waals surface area (Å²) in [5, 5.41) is 17.7. The van der Waals surface area contributed by atoms with E-state index in [-0.39, 0.29) is 17.9 Å². The van der Waals surface area contributed by atoms with E-state index in [9.17, 15) is 22.8 Å². The fraction of sp³-hybridized carbons (Fsp3) is 0.640. The zero-order chi connectivity index (χ0) is 28.7. The van der Waals surface area contributed by atoms with E-state index in [1.54, 1.807) is 30.2 Å². The van der Waals surface area contributed by atoms with Crippen molar-refractivity contribution in [1.82, 2.24) is 24.8 Å². The number of rotatable bonds is 15. The lowest BCUT2D eigenvalue weighted by molar-refractivity contribution is -0.134. The van der Waals surface area contributed by atoms with Crippen LogP contribution in [-0.4, -0.2) is 70.9 Å². The molecule has 1 aromatic heterocycles. The minimum absolute atomic E-state index is 0.0459. The number of hydrogen-bond donors (Lipinski definition) is 2. The van der Waals surface area contributed by atoms with Gasteiger partial charge >= 0.3 is 0 Å². The maximum atomic E-state index is 13.7. The Hall–Kier alpha value is -2.61.